The number of carbonyl (C=O) groups is 1. The van der Waals surface area contributed by atoms with E-state index in [1.807, 2.05) is 6.92 Å². The second-order valence-electron chi connectivity index (χ2n) is 4.74. The summed E-state index contributed by atoms with van der Waals surface area (Å²) in [5.41, 5.74) is 3.13. The average molecular weight is 286 g/mol. The summed E-state index contributed by atoms with van der Waals surface area (Å²) in [4.78, 5) is 13.7. The molecule has 0 spiro atoms. The lowest BCUT2D eigenvalue weighted by molar-refractivity contribution is -0.105. The molecule has 1 amide bonds. The van der Waals surface area contributed by atoms with Crippen molar-refractivity contribution in [1.29, 1.82) is 0 Å². The molecule has 0 atom stereocenters. The second kappa shape index (κ2) is 5.01. The lowest BCUT2D eigenvalue weighted by Crippen LogP contribution is -1.95. The molecule has 0 saturated carbocycles. The Kier molecular flexibility index (Phi) is 3.17. The highest BCUT2D eigenvalue weighted by molar-refractivity contribution is 6.05. The van der Waals surface area contributed by atoms with Crippen molar-refractivity contribution in [3.05, 3.63) is 53.7 Å². The van der Waals surface area contributed by atoms with Gasteiger partial charge in [-0.25, -0.2) is 8.78 Å². The number of hydrogen-bond donors (Lipinski definition) is 2. The Hall–Kier alpha value is -2.69. The molecule has 1 heterocycles. The third-order valence-corrected chi connectivity index (χ3v) is 3.44. The molecule has 21 heavy (non-hydrogen) atoms. The van der Waals surface area contributed by atoms with Gasteiger partial charge in [-0.05, 0) is 36.8 Å². The van der Waals surface area contributed by atoms with Crippen molar-refractivity contribution < 1.29 is 13.6 Å². The number of carbonyl (C=O) groups excluding carboxylic acids is 1. The minimum Gasteiger partial charge on any atom is -0.356 e. The molecular weight excluding hydrogens is 274 g/mol. The van der Waals surface area contributed by atoms with Gasteiger partial charge in [-0.2, -0.15) is 0 Å². The van der Waals surface area contributed by atoms with E-state index in [1.165, 1.54) is 24.3 Å². The maximum Gasteiger partial charge on any atom is 0.211 e. The highest BCUT2D eigenvalue weighted by atomic mass is 19.1. The number of halogens is 2. The Balaban J connectivity index is 2.32. The normalized spacial score (nSPS) is 10.8. The van der Waals surface area contributed by atoms with E-state index in [4.69, 9.17) is 0 Å². The van der Waals surface area contributed by atoms with E-state index in [2.05, 4.69) is 10.3 Å². The van der Waals surface area contributed by atoms with Gasteiger partial charge in [0.1, 0.15) is 11.6 Å². The van der Waals surface area contributed by atoms with Gasteiger partial charge >= 0.3 is 0 Å². The Morgan fingerprint density at radius 2 is 1.81 bits per heavy atom. The molecule has 0 aliphatic carbocycles. The molecule has 0 aliphatic rings. The number of hydrogen-bond acceptors (Lipinski definition) is 1. The molecule has 2 N–H and O–H groups in total. The zero-order chi connectivity index (χ0) is 15.0. The minimum absolute atomic E-state index is 0.347. The first-order valence-corrected chi connectivity index (χ1v) is 6.38. The van der Waals surface area contributed by atoms with Crippen LogP contribution in [0.3, 0.4) is 0 Å². The first-order chi connectivity index (χ1) is 10.1. The number of aromatic nitrogens is 1. The molecule has 0 radical (unpaired) electrons. The van der Waals surface area contributed by atoms with Gasteiger partial charge in [0.15, 0.2) is 0 Å². The fraction of sp³-hybridized carbons (Fsp3) is 0.0625. The lowest BCUT2D eigenvalue weighted by atomic mass is 10.0. The Bertz CT molecular complexity index is 822. The molecule has 5 heteroatoms. The van der Waals surface area contributed by atoms with Gasteiger partial charge in [-0.1, -0.05) is 12.1 Å². The van der Waals surface area contributed by atoms with Crippen LogP contribution in [0.25, 0.3) is 22.0 Å². The van der Waals surface area contributed by atoms with Crippen LogP contribution in [-0.2, 0) is 4.79 Å². The van der Waals surface area contributed by atoms with Crippen molar-refractivity contribution in [1.82, 2.24) is 4.98 Å². The van der Waals surface area contributed by atoms with Crippen LogP contribution in [0, 0.1) is 18.6 Å². The Morgan fingerprint density at radius 1 is 1.10 bits per heavy atom. The van der Waals surface area contributed by atoms with E-state index in [0.717, 1.165) is 5.69 Å². The minimum atomic E-state index is -0.398. The molecule has 1 aromatic heterocycles. The average Bonchev–Trinajstić information content (AvgIpc) is 2.81. The number of nitrogens with one attached hydrogen (secondary N) is 2. The van der Waals surface area contributed by atoms with E-state index >= 15 is 0 Å². The molecule has 0 bridgehead atoms. The molecular formula is C16H12F2N2O. The fourth-order valence-corrected chi connectivity index (χ4v) is 2.55. The van der Waals surface area contributed by atoms with Crippen LogP contribution in [0.15, 0.2) is 36.4 Å². The van der Waals surface area contributed by atoms with Gasteiger partial charge in [0.2, 0.25) is 6.41 Å². The van der Waals surface area contributed by atoms with E-state index < -0.39 is 5.82 Å². The third-order valence-electron chi connectivity index (χ3n) is 3.44. The van der Waals surface area contributed by atoms with E-state index in [0.29, 0.717) is 34.1 Å². The number of H-pyrrole nitrogens is 1. The fourth-order valence-electron chi connectivity index (χ4n) is 2.55. The van der Waals surface area contributed by atoms with Gasteiger partial charge in [0.05, 0.1) is 11.2 Å². The summed E-state index contributed by atoms with van der Waals surface area (Å²) in [6.07, 6.45) is 0.542. The number of fused-ring (bicyclic) bond motifs is 1. The molecule has 0 aliphatic heterocycles. The van der Waals surface area contributed by atoms with E-state index in [9.17, 15) is 13.6 Å². The monoisotopic (exact) mass is 286 g/mol. The summed E-state index contributed by atoms with van der Waals surface area (Å²) < 4.78 is 27.3. The quantitative estimate of drug-likeness (QED) is 0.702. The van der Waals surface area contributed by atoms with Crippen LogP contribution in [0.1, 0.15) is 5.69 Å². The first kappa shape index (κ1) is 13.3. The Morgan fingerprint density at radius 3 is 2.48 bits per heavy atom. The van der Waals surface area contributed by atoms with Crippen LogP contribution in [0.2, 0.25) is 0 Å². The van der Waals surface area contributed by atoms with Gasteiger partial charge in [0.25, 0.3) is 0 Å². The predicted molar refractivity (Wildman–Crippen MR) is 78.1 cm³/mol. The van der Waals surface area contributed by atoms with Gasteiger partial charge in [0, 0.05) is 16.6 Å². The van der Waals surface area contributed by atoms with Crippen molar-refractivity contribution in [2.75, 3.05) is 5.32 Å². The van der Waals surface area contributed by atoms with Crippen LogP contribution in [0.5, 0.6) is 0 Å². The standard InChI is InChI=1S/C16H12F2N2O/c1-9-14(10-2-4-11(17)5-3-10)15-12(18)6-7-13(19-8-21)16(15)20-9/h2-8,20H,1H3,(H,19,21). The van der Waals surface area contributed by atoms with Crippen molar-refractivity contribution in [2.24, 2.45) is 0 Å². The second-order valence-corrected chi connectivity index (χ2v) is 4.74. The zero-order valence-electron chi connectivity index (χ0n) is 11.2. The van der Waals surface area contributed by atoms with E-state index in [1.54, 1.807) is 12.1 Å². The Labute approximate surface area is 119 Å². The third kappa shape index (κ3) is 2.16. The topological polar surface area (TPSA) is 44.9 Å². The SMILES string of the molecule is Cc1[nH]c2c(NC=O)ccc(F)c2c1-c1ccc(F)cc1. The van der Waals surface area contributed by atoms with Crippen molar-refractivity contribution >= 4 is 23.0 Å². The van der Waals surface area contributed by atoms with Crippen molar-refractivity contribution in [3.8, 4) is 11.1 Å². The number of amides is 1. The maximum absolute atomic E-state index is 14.2. The van der Waals surface area contributed by atoms with Crippen LogP contribution >= 0.6 is 0 Å². The van der Waals surface area contributed by atoms with Gasteiger partial charge in [-0.3, -0.25) is 4.79 Å². The summed E-state index contributed by atoms with van der Waals surface area (Å²) in [5, 5.41) is 2.92. The summed E-state index contributed by atoms with van der Waals surface area (Å²) in [7, 11) is 0. The number of aromatic amines is 1. The molecule has 0 unspecified atom stereocenters. The van der Waals surface area contributed by atoms with Gasteiger partial charge in [-0.15, -0.1) is 0 Å². The number of anilines is 1. The zero-order valence-corrected chi connectivity index (χ0v) is 11.2. The molecule has 106 valence electrons. The van der Waals surface area contributed by atoms with Crippen LogP contribution < -0.4 is 5.32 Å². The number of rotatable bonds is 3. The smallest absolute Gasteiger partial charge is 0.211 e. The largest absolute Gasteiger partial charge is 0.356 e. The molecule has 2 aromatic carbocycles. The summed E-state index contributed by atoms with van der Waals surface area (Å²) in [6.45, 7) is 1.81. The van der Waals surface area contributed by atoms with Gasteiger partial charge < -0.3 is 10.3 Å². The van der Waals surface area contributed by atoms with Crippen molar-refractivity contribution in [2.45, 2.75) is 6.92 Å². The highest BCUT2D eigenvalue weighted by Crippen LogP contribution is 2.36. The summed E-state index contributed by atoms with van der Waals surface area (Å²) in [6, 6.07) is 8.66. The lowest BCUT2D eigenvalue weighted by Gasteiger charge is -2.05. The van der Waals surface area contributed by atoms with Crippen LogP contribution in [0.4, 0.5) is 14.5 Å². The number of benzene rings is 2. The molecule has 3 nitrogen and oxygen atoms in total. The molecule has 0 fully saturated rings. The first-order valence-electron chi connectivity index (χ1n) is 6.38. The summed E-state index contributed by atoms with van der Waals surface area (Å²) >= 11 is 0. The number of aryl methyl sites for hydroxylation is 1. The maximum atomic E-state index is 14.2. The molecule has 0 saturated heterocycles. The van der Waals surface area contributed by atoms with E-state index in [-0.39, 0.29) is 5.82 Å². The summed E-state index contributed by atoms with van der Waals surface area (Å²) in [5.74, 6) is -0.745. The van der Waals surface area contributed by atoms with Crippen molar-refractivity contribution in [3.63, 3.8) is 0 Å². The molecule has 3 rings (SSSR count). The van der Waals surface area contributed by atoms with Crippen LogP contribution in [-0.4, -0.2) is 11.4 Å². The predicted octanol–water partition coefficient (Wildman–Crippen LogP) is 3.99. The highest BCUT2D eigenvalue weighted by Gasteiger charge is 2.17. The molecule has 3 aromatic rings.